The monoisotopic (exact) mass is 247 g/mol. The summed E-state index contributed by atoms with van der Waals surface area (Å²) in [5, 5.41) is 0. The molecule has 6 nitrogen and oxygen atoms in total. The number of nitrogens with one attached hydrogen (secondary N) is 1. The quantitative estimate of drug-likeness (QED) is 0.845. The van der Waals surface area contributed by atoms with Gasteiger partial charge in [-0.2, -0.15) is 0 Å². The van der Waals surface area contributed by atoms with Gasteiger partial charge in [0.1, 0.15) is 0 Å². The molecule has 2 rings (SSSR count). The standard InChI is InChI=1S/C12H13N3O3/c1-17-10-11(16)14-8-15-12(10)18-7-5-9-4-2-3-6-13-9/h2-4,6,8H,5,7H2,1H3,(H,14,15,16). The maximum Gasteiger partial charge on any atom is 0.297 e. The number of H-pyrrole nitrogens is 1. The number of hydrogen-bond donors (Lipinski definition) is 1. The summed E-state index contributed by atoms with van der Waals surface area (Å²) in [4.78, 5) is 21.9. The summed E-state index contributed by atoms with van der Waals surface area (Å²) >= 11 is 0. The molecule has 94 valence electrons. The molecule has 2 aromatic rings. The van der Waals surface area contributed by atoms with Gasteiger partial charge in [0.25, 0.3) is 11.4 Å². The van der Waals surface area contributed by atoms with Crippen molar-refractivity contribution in [3.63, 3.8) is 0 Å². The second kappa shape index (κ2) is 5.81. The zero-order chi connectivity index (χ0) is 12.8. The fourth-order valence-corrected chi connectivity index (χ4v) is 1.45. The molecule has 0 aliphatic heterocycles. The van der Waals surface area contributed by atoms with E-state index < -0.39 is 0 Å². The molecule has 1 N–H and O–H groups in total. The largest absolute Gasteiger partial charge is 0.487 e. The molecule has 0 aliphatic carbocycles. The van der Waals surface area contributed by atoms with Crippen LogP contribution in [0.3, 0.4) is 0 Å². The molecule has 0 amide bonds. The molecular formula is C12H13N3O3. The van der Waals surface area contributed by atoms with Crippen molar-refractivity contribution < 1.29 is 9.47 Å². The maximum atomic E-state index is 11.4. The van der Waals surface area contributed by atoms with Crippen molar-refractivity contribution in [1.29, 1.82) is 0 Å². The van der Waals surface area contributed by atoms with Gasteiger partial charge in [-0.3, -0.25) is 9.78 Å². The summed E-state index contributed by atoms with van der Waals surface area (Å²) in [5.74, 6) is 0.274. The molecule has 0 saturated carbocycles. The van der Waals surface area contributed by atoms with Crippen LogP contribution in [0.4, 0.5) is 0 Å². The van der Waals surface area contributed by atoms with Crippen molar-refractivity contribution >= 4 is 0 Å². The first kappa shape index (κ1) is 12.1. The maximum absolute atomic E-state index is 11.4. The van der Waals surface area contributed by atoms with E-state index in [1.807, 2.05) is 18.2 Å². The lowest BCUT2D eigenvalue weighted by Gasteiger charge is -2.07. The van der Waals surface area contributed by atoms with Crippen LogP contribution in [0.2, 0.25) is 0 Å². The number of hydrogen-bond acceptors (Lipinski definition) is 5. The summed E-state index contributed by atoms with van der Waals surface area (Å²) < 4.78 is 10.3. The van der Waals surface area contributed by atoms with Crippen molar-refractivity contribution in [2.75, 3.05) is 13.7 Å². The second-order valence-corrected chi connectivity index (χ2v) is 3.49. The summed E-state index contributed by atoms with van der Waals surface area (Å²) in [7, 11) is 1.40. The zero-order valence-electron chi connectivity index (χ0n) is 9.92. The van der Waals surface area contributed by atoms with Crippen molar-refractivity contribution in [2.24, 2.45) is 0 Å². The van der Waals surface area contributed by atoms with Crippen LogP contribution in [0.5, 0.6) is 11.6 Å². The number of aromatic amines is 1. The van der Waals surface area contributed by atoms with E-state index in [4.69, 9.17) is 9.47 Å². The number of rotatable bonds is 5. The molecule has 18 heavy (non-hydrogen) atoms. The van der Waals surface area contributed by atoms with Crippen LogP contribution < -0.4 is 15.0 Å². The van der Waals surface area contributed by atoms with E-state index in [9.17, 15) is 4.79 Å². The molecule has 2 aromatic heterocycles. The van der Waals surface area contributed by atoms with Gasteiger partial charge < -0.3 is 14.5 Å². The van der Waals surface area contributed by atoms with Gasteiger partial charge in [0, 0.05) is 18.3 Å². The Morgan fingerprint density at radius 3 is 2.94 bits per heavy atom. The van der Waals surface area contributed by atoms with Gasteiger partial charge in [0.05, 0.1) is 20.0 Å². The number of ether oxygens (including phenoxy) is 2. The molecule has 0 fully saturated rings. The Labute approximate surface area is 104 Å². The highest BCUT2D eigenvalue weighted by Gasteiger charge is 2.09. The summed E-state index contributed by atoms with van der Waals surface area (Å²) in [6.07, 6.45) is 3.64. The predicted molar refractivity (Wildman–Crippen MR) is 64.8 cm³/mol. The van der Waals surface area contributed by atoms with E-state index >= 15 is 0 Å². The van der Waals surface area contributed by atoms with Crippen LogP contribution in [0.25, 0.3) is 0 Å². The average molecular weight is 247 g/mol. The Morgan fingerprint density at radius 2 is 2.22 bits per heavy atom. The minimum absolute atomic E-state index is 0.0820. The highest BCUT2D eigenvalue weighted by Crippen LogP contribution is 2.17. The molecule has 0 saturated heterocycles. The summed E-state index contributed by atoms with van der Waals surface area (Å²) in [6.45, 7) is 0.379. The number of aromatic nitrogens is 3. The van der Waals surface area contributed by atoms with E-state index in [1.54, 1.807) is 6.20 Å². The number of pyridine rings is 1. The SMILES string of the molecule is COc1c(OCCc2ccccn2)nc[nH]c1=O. The molecule has 0 aliphatic rings. The lowest BCUT2D eigenvalue weighted by atomic mass is 10.3. The third-order valence-electron chi connectivity index (χ3n) is 2.31. The van der Waals surface area contributed by atoms with Gasteiger partial charge in [-0.1, -0.05) is 6.07 Å². The van der Waals surface area contributed by atoms with Crippen molar-refractivity contribution in [1.82, 2.24) is 15.0 Å². The van der Waals surface area contributed by atoms with Crippen molar-refractivity contribution in [3.8, 4) is 11.6 Å². The fraction of sp³-hybridized carbons (Fsp3) is 0.250. The van der Waals surface area contributed by atoms with Gasteiger partial charge in [-0.25, -0.2) is 4.98 Å². The average Bonchev–Trinajstić information content (AvgIpc) is 2.40. The fourth-order valence-electron chi connectivity index (χ4n) is 1.45. The smallest absolute Gasteiger partial charge is 0.297 e. The van der Waals surface area contributed by atoms with Gasteiger partial charge in [0.2, 0.25) is 5.75 Å². The molecule has 2 heterocycles. The van der Waals surface area contributed by atoms with Crippen molar-refractivity contribution in [2.45, 2.75) is 6.42 Å². The molecule has 0 radical (unpaired) electrons. The van der Waals surface area contributed by atoms with Crippen LogP contribution in [0, 0.1) is 0 Å². The Hall–Kier alpha value is -2.37. The number of methoxy groups -OCH3 is 1. The number of nitrogens with zero attached hydrogens (tertiary/aromatic N) is 2. The Balaban J connectivity index is 1.99. The van der Waals surface area contributed by atoms with Crippen LogP contribution >= 0.6 is 0 Å². The third-order valence-corrected chi connectivity index (χ3v) is 2.31. The summed E-state index contributed by atoms with van der Waals surface area (Å²) in [6, 6.07) is 5.67. The van der Waals surface area contributed by atoms with E-state index in [0.29, 0.717) is 13.0 Å². The van der Waals surface area contributed by atoms with E-state index in [-0.39, 0.29) is 17.2 Å². The summed E-state index contributed by atoms with van der Waals surface area (Å²) in [5.41, 5.74) is 0.557. The lowest BCUT2D eigenvalue weighted by molar-refractivity contribution is 0.282. The molecular weight excluding hydrogens is 234 g/mol. The first-order valence-electron chi connectivity index (χ1n) is 5.45. The van der Waals surface area contributed by atoms with Crippen LogP contribution in [-0.2, 0) is 6.42 Å². The predicted octanol–water partition coefficient (Wildman–Crippen LogP) is 0.795. The van der Waals surface area contributed by atoms with Crippen LogP contribution in [-0.4, -0.2) is 28.7 Å². The van der Waals surface area contributed by atoms with Crippen LogP contribution in [0.15, 0.2) is 35.5 Å². The van der Waals surface area contributed by atoms with Gasteiger partial charge in [-0.15, -0.1) is 0 Å². The first-order valence-corrected chi connectivity index (χ1v) is 5.45. The van der Waals surface area contributed by atoms with E-state index in [0.717, 1.165) is 5.69 Å². The molecule has 6 heteroatoms. The Kier molecular flexibility index (Phi) is 3.90. The minimum atomic E-state index is -0.361. The van der Waals surface area contributed by atoms with Crippen LogP contribution in [0.1, 0.15) is 5.69 Å². The zero-order valence-corrected chi connectivity index (χ0v) is 9.92. The third kappa shape index (κ3) is 2.85. The molecule has 0 unspecified atom stereocenters. The van der Waals surface area contributed by atoms with Crippen molar-refractivity contribution in [3.05, 3.63) is 46.8 Å². The van der Waals surface area contributed by atoms with Gasteiger partial charge in [-0.05, 0) is 12.1 Å². The topological polar surface area (TPSA) is 77.1 Å². The highest BCUT2D eigenvalue weighted by molar-refractivity contribution is 5.29. The Bertz CT molecular complexity index is 554. The highest BCUT2D eigenvalue weighted by atomic mass is 16.5. The van der Waals surface area contributed by atoms with E-state index in [1.165, 1.54) is 13.4 Å². The Morgan fingerprint density at radius 1 is 1.33 bits per heavy atom. The molecule has 0 aromatic carbocycles. The van der Waals surface area contributed by atoms with E-state index in [2.05, 4.69) is 15.0 Å². The van der Waals surface area contributed by atoms with Gasteiger partial charge >= 0.3 is 0 Å². The minimum Gasteiger partial charge on any atom is -0.487 e. The second-order valence-electron chi connectivity index (χ2n) is 3.49. The first-order chi connectivity index (χ1) is 8.81. The molecule has 0 bridgehead atoms. The molecule has 0 atom stereocenters. The lowest BCUT2D eigenvalue weighted by Crippen LogP contribution is -2.13. The normalized spacial score (nSPS) is 10.1. The molecule has 0 spiro atoms. The van der Waals surface area contributed by atoms with Gasteiger partial charge in [0.15, 0.2) is 0 Å².